The molecule has 0 saturated carbocycles. The van der Waals surface area contributed by atoms with Crippen molar-refractivity contribution in [2.24, 2.45) is 0 Å². The lowest BCUT2D eigenvalue weighted by Gasteiger charge is -2.18. The minimum absolute atomic E-state index is 0.156. The fraction of sp³-hybridized carbons (Fsp3) is 0.500. The third-order valence-electron chi connectivity index (χ3n) is 2.84. The lowest BCUT2D eigenvalue weighted by Crippen LogP contribution is -2.37. The summed E-state index contributed by atoms with van der Waals surface area (Å²) in [6, 6.07) is 6.19. The van der Waals surface area contributed by atoms with Crippen LogP contribution in [0, 0.1) is 0 Å². The fourth-order valence-corrected chi connectivity index (χ4v) is 2.50. The van der Waals surface area contributed by atoms with E-state index < -0.39 is 0 Å². The number of benzene rings is 1. The Kier molecular flexibility index (Phi) is 7.16. The summed E-state index contributed by atoms with van der Waals surface area (Å²) in [6.07, 6.45) is 2.29. The Bertz CT molecular complexity index is 426. The number of halogens is 1. The third-order valence-corrected chi connectivity index (χ3v) is 3.72. The van der Waals surface area contributed by atoms with Crippen LogP contribution >= 0.6 is 28.1 Å². The number of thiocarbonyl (C=S) groups is 1. The highest BCUT2D eigenvalue weighted by Gasteiger charge is 2.09. The molecular weight excluding hydrogens is 324 g/mol. The van der Waals surface area contributed by atoms with E-state index >= 15 is 0 Å². The van der Waals surface area contributed by atoms with Crippen LogP contribution in [-0.4, -0.2) is 18.8 Å². The summed E-state index contributed by atoms with van der Waals surface area (Å²) < 4.78 is 6.17. The van der Waals surface area contributed by atoms with Gasteiger partial charge >= 0.3 is 0 Å². The van der Waals surface area contributed by atoms with Gasteiger partial charge in [0.1, 0.15) is 5.75 Å². The van der Waals surface area contributed by atoms with Gasteiger partial charge < -0.3 is 15.4 Å². The molecule has 2 N–H and O–H groups in total. The van der Waals surface area contributed by atoms with E-state index in [9.17, 15) is 0 Å². The average Bonchev–Trinajstić information content (AvgIpc) is 2.38. The van der Waals surface area contributed by atoms with Crippen LogP contribution in [0.5, 0.6) is 5.75 Å². The molecule has 0 amide bonds. The maximum Gasteiger partial charge on any atom is 0.166 e. The molecule has 1 atom stereocenters. The standard InChI is InChI=1S/C14H21BrN2OS/c1-4-5-8-16-14(19)17-10(2)11-6-7-13(18-3)12(15)9-11/h6-7,9-10H,4-5,8H2,1-3H3,(H2,16,17,19)/t10-/m1/s1. The van der Waals surface area contributed by atoms with Crippen LogP contribution < -0.4 is 15.4 Å². The molecule has 106 valence electrons. The molecule has 0 unspecified atom stereocenters. The molecule has 0 bridgehead atoms. The summed E-state index contributed by atoms with van der Waals surface area (Å²) in [6.45, 7) is 5.17. The van der Waals surface area contributed by atoms with Gasteiger partial charge in [0, 0.05) is 6.54 Å². The number of ether oxygens (including phenoxy) is 1. The van der Waals surface area contributed by atoms with Crippen LogP contribution in [0.3, 0.4) is 0 Å². The topological polar surface area (TPSA) is 33.3 Å². The summed E-state index contributed by atoms with van der Waals surface area (Å²) >= 11 is 8.76. The summed E-state index contributed by atoms with van der Waals surface area (Å²) in [4.78, 5) is 0. The predicted molar refractivity (Wildman–Crippen MR) is 87.8 cm³/mol. The quantitative estimate of drug-likeness (QED) is 0.607. The molecule has 0 aliphatic carbocycles. The van der Waals surface area contributed by atoms with Crippen LogP contribution in [0.2, 0.25) is 0 Å². The maximum atomic E-state index is 5.27. The minimum atomic E-state index is 0.156. The Morgan fingerprint density at radius 3 is 2.79 bits per heavy atom. The predicted octanol–water partition coefficient (Wildman–Crippen LogP) is 3.78. The molecule has 0 saturated heterocycles. The van der Waals surface area contributed by atoms with Crippen LogP contribution in [0.25, 0.3) is 0 Å². The zero-order chi connectivity index (χ0) is 14.3. The van der Waals surface area contributed by atoms with Gasteiger partial charge in [-0.2, -0.15) is 0 Å². The number of hydrogen-bond donors (Lipinski definition) is 2. The second-order valence-electron chi connectivity index (χ2n) is 4.37. The normalized spacial score (nSPS) is 11.8. The van der Waals surface area contributed by atoms with E-state index in [1.165, 1.54) is 0 Å². The first-order chi connectivity index (χ1) is 9.08. The van der Waals surface area contributed by atoms with Crippen molar-refractivity contribution in [3.05, 3.63) is 28.2 Å². The third kappa shape index (κ3) is 5.37. The Morgan fingerprint density at radius 1 is 1.47 bits per heavy atom. The van der Waals surface area contributed by atoms with Gasteiger partial charge in [0.25, 0.3) is 0 Å². The van der Waals surface area contributed by atoms with Crippen molar-refractivity contribution >= 4 is 33.3 Å². The Morgan fingerprint density at radius 2 is 2.21 bits per heavy atom. The van der Waals surface area contributed by atoms with E-state index in [1.807, 2.05) is 18.2 Å². The van der Waals surface area contributed by atoms with Crippen molar-refractivity contribution in [3.63, 3.8) is 0 Å². The highest BCUT2D eigenvalue weighted by Crippen LogP contribution is 2.27. The number of methoxy groups -OCH3 is 1. The fourth-order valence-electron chi connectivity index (χ4n) is 1.66. The Labute approximate surface area is 129 Å². The van der Waals surface area contributed by atoms with E-state index in [0.29, 0.717) is 5.11 Å². The lowest BCUT2D eigenvalue weighted by atomic mass is 10.1. The number of nitrogens with one attached hydrogen (secondary N) is 2. The first-order valence-electron chi connectivity index (χ1n) is 6.46. The van der Waals surface area contributed by atoms with E-state index in [1.54, 1.807) is 7.11 Å². The Balaban J connectivity index is 2.55. The molecule has 5 heteroatoms. The smallest absolute Gasteiger partial charge is 0.166 e. The van der Waals surface area contributed by atoms with Crippen LogP contribution in [0.15, 0.2) is 22.7 Å². The molecule has 0 heterocycles. The summed E-state index contributed by atoms with van der Waals surface area (Å²) in [5, 5.41) is 7.19. The molecule has 1 aromatic carbocycles. The minimum Gasteiger partial charge on any atom is -0.496 e. The van der Waals surface area contributed by atoms with E-state index in [0.717, 1.165) is 35.2 Å². The van der Waals surface area contributed by atoms with Gasteiger partial charge in [-0.15, -0.1) is 0 Å². The van der Waals surface area contributed by atoms with Gasteiger partial charge in [-0.05, 0) is 59.2 Å². The van der Waals surface area contributed by atoms with Gasteiger partial charge in [0.05, 0.1) is 17.6 Å². The zero-order valence-corrected chi connectivity index (χ0v) is 14.0. The monoisotopic (exact) mass is 344 g/mol. The van der Waals surface area contributed by atoms with Crippen molar-refractivity contribution in [1.82, 2.24) is 10.6 Å². The highest BCUT2D eigenvalue weighted by atomic mass is 79.9. The molecule has 1 rings (SSSR count). The number of rotatable bonds is 6. The van der Waals surface area contributed by atoms with Gasteiger partial charge in [0.2, 0.25) is 0 Å². The zero-order valence-electron chi connectivity index (χ0n) is 11.6. The van der Waals surface area contributed by atoms with Crippen LogP contribution in [0.1, 0.15) is 38.3 Å². The molecule has 0 radical (unpaired) electrons. The maximum absolute atomic E-state index is 5.27. The Hall–Kier alpha value is -0.810. The van der Waals surface area contributed by atoms with E-state index in [2.05, 4.69) is 40.4 Å². The van der Waals surface area contributed by atoms with Crippen molar-refractivity contribution in [2.45, 2.75) is 32.7 Å². The van der Waals surface area contributed by atoms with Crippen molar-refractivity contribution < 1.29 is 4.74 Å². The van der Waals surface area contributed by atoms with Crippen molar-refractivity contribution in [2.75, 3.05) is 13.7 Å². The molecule has 3 nitrogen and oxygen atoms in total. The molecular formula is C14H21BrN2OS. The summed E-state index contributed by atoms with van der Waals surface area (Å²) in [5.41, 5.74) is 1.16. The first-order valence-corrected chi connectivity index (χ1v) is 7.66. The number of unbranched alkanes of at least 4 members (excludes halogenated alkanes) is 1. The van der Waals surface area contributed by atoms with Gasteiger partial charge in [-0.3, -0.25) is 0 Å². The molecule has 0 aromatic heterocycles. The van der Waals surface area contributed by atoms with Crippen molar-refractivity contribution in [3.8, 4) is 5.75 Å². The SMILES string of the molecule is CCCCNC(=S)N[C@H](C)c1ccc(OC)c(Br)c1. The summed E-state index contributed by atoms with van der Waals surface area (Å²) in [5.74, 6) is 0.833. The molecule has 0 fully saturated rings. The van der Waals surface area contributed by atoms with Gasteiger partial charge in [-0.1, -0.05) is 19.4 Å². The van der Waals surface area contributed by atoms with Crippen LogP contribution in [0.4, 0.5) is 0 Å². The van der Waals surface area contributed by atoms with Crippen LogP contribution in [-0.2, 0) is 0 Å². The van der Waals surface area contributed by atoms with E-state index in [4.69, 9.17) is 17.0 Å². The molecule has 0 spiro atoms. The van der Waals surface area contributed by atoms with Crippen molar-refractivity contribution in [1.29, 1.82) is 0 Å². The number of hydrogen-bond acceptors (Lipinski definition) is 2. The molecule has 1 aromatic rings. The summed E-state index contributed by atoms with van der Waals surface area (Å²) in [7, 11) is 1.66. The molecule has 0 aliphatic heterocycles. The van der Waals surface area contributed by atoms with Gasteiger partial charge in [-0.25, -0.2) is 0 Å². The first kappa shape index (κ1) is 16.2. The average molecular weight is 345 g/mol. The largest absolute Gasteiger partial charge is 0.496 e. The second kappa shape index (κ2) is 8.38. The molecule has 19 heavy (non-hydrogen) atoms. The van der Waals surface area contributed by atoms with E-state index in [-0.39, 0.29) is 6.04 Å². The second-order valence-corrected chi connectivity index (χ2v) is 5.63. The van der Waals surface area contributed by atoms with Gasteiger partial charge in [0.15, 0.2) is 5.11 Å². The molecule has 0 aliphatic rings. The highest BCUT2D eigenvalue weighted by molar-refractivity contribution is 9.10. The lowest BCUT2D eigenvalue weighted by molar-refractivity contribution is 0.412.